The zero-order valence-electron chi connectivity index (χ0n) is 15.1. The monoisotopic (exact) mass is 378 g/mol. The molecule has 4 rings (SSSR count). The van der Waals surface area contributed by atoms with Gasteiger partial charge in [0.1, 0.15) is 0 Å². The minimum Gasteiger partial charge on any atom is -0.393 e. The summed E-state index contributed by atoms with van der Waals surface area (Å²) in [7, 11) is 0. The highest BCUT2D eigenvalue weighted by Gasteiger charge is 2.36. The van der Waals surface area contributed by atoms with Crippen molar-refractivity contribution < 1.29 is 9.90 Å². The average molecular weight is 378 g/mol. The van der Waals surface area contributed by atoms with Crippen molar-refractivity contribution in [3.63, 3.8) is 0 Å². The van der Waals surface area contributed by atoms with Crippen LogP contribution in [0.15, 0.2) is 60.1 Å². The van der Waals surface area contributed by atoms with Gasteiger partial charge in [-0.3, -0.25) is 9.78 Å². The molecule has 27 heavy (non-hydrogen) atoms. The molecule has 5 heteroatoms. The standard InChI is InChI=1S/C22H22N2O2S/c1-14-20(15-7-3-2-4-8-15)18(13-27-14)22(26)24-21(16-11-17(25)12-16)19-9-5-6-10-23-19/h2-10,13,16-17,21,25H,11-12H2,1H3,(H,24,26). The summed E-state index contributed by atoms with van der Waals surface area (Å²) in [5, 5.41) is 14.8. The van der Waals surface area contributed by atoms with Crippen LogP contribution in [0.3, 0.4) is 0 Å². The number of aromatic nitrogens is 1. The number of aliphatic hydroxyl groups excluding tert-OH is 1. The topological polar surface area (TPSA) is 62.2 Å². The zero-order chi connectivity index (χ0) is 18.8. The molecule has 1 aliphatic carbocycles. The number of nitrogens with zero attached hydrogens (tertiary/aromatic N) is 1. The summed E-state index contributed by atoms with van der Waals surface area (Å²) < 4.78 is 0. The first-order chi connectivity index (χ1) is 13.1. The summed E-state index contributed by atoms with van der Waals surface area (Å²) in [4.78, 5) is 18.7. The quantitative estimate of drug-likeness (QED) is 0.693. The fraction of sp³-hybridized carbons (Fsp3) is 0.273. The lowest BCUT2D eigenvalue weighted by molar-refractivity contribution is 0.0228. The van der Waals surface area contributed by atoms with Crippen LogP contribution in [-0.4, -0.2) is 22.1 Å². The van der Waals surface area contributed by atoms with E-state index in [0.717, 1.165) is 21.7 Å². The number of pyridine rings is 1. The van der Waals surface area contributed by atoms with E-state index in [-0.39, 0.29) is 24.0 Å². The molecular formula is C22H22N2O2S. The molecule has 4 nitrogen and oxygen atoms in total. The lowest BCUT2D eigenvalue weighted by Gasteiger charge is -2.37. The minimum atomic E-state index is -0.276. The number of thiophene rings is 1. The molecule has 2 heterocycles. The average Bonchev–Trinajstić information content (AvgIpc) is 3.07. The van der Waals surface area contributed by atoms with E-state index in [0.29, 0.717) is 18.4 Å². The Morgan fingerprint density at radius 1 is 1.19 bits per heavy atom. The molecule has 1 saturated carbocycles. The Hall–Kier alpha value is -2.50. The van der Waals surface area contributed by atoms with Crippen molar-refractivity contribution in [1.29, 1.82) is 0 Å². The fourth-order valence-corrected chi connectivity index (χ4v) is 4.56. The van der Waals surface area contributed by atoms with Crippen molar-refractivity contribution in [2.75, 3.05) is 0 Å². The summed E-state index contributed by atoms with van der Waals surface area (Å²) in [6.45, 7) is 2.04. The Balaban J connectivity index is 1.63. The zero-order valence-corrected chi connectivity index (χ0v) is 15.9. The van der Waals surface area contributed by atoms with Gasteiger partial charge < -0.3 is 10.4 Å². The molecule has 1 unspecified atom stereocenters. The van der Waals surface area contributed by atoms with E-state index in [1.165, 1.54) is 0 Å². The van der Waals surface area contributed by atoms with E-state index >= 15 is 0 Å². The van der Waals surface area contributed by atoms with Gasteiger partial charge in [0, 0.05) is 22.0 Å². The van der Waals surface area contributed by atoms with Crippen LogP contribution in [0.5, 0.6) is 0 Å². The molecule has 1 atom stereocenters. The van der Waals surface area contributed by atoms with Crippen molar-refractivity contribution >= 4 is 17.2 Å². The molecule has 0 radical (unpaired) electrons. The normalized spacial score (nSPS) is 19.9. The predicted octanol–water partition coefficient (Wildman–Crippen LogP) is 4.36. The number of aliphatic hydroxyl groups is 1. The van der Waals surface area contributed by atoms with Crippen molar-refractivity contribution in [1.82, 2.24) is 10.3 Å². The maximum atomic E-state index is 13.2. The summed E-state index contributed by atoms with van der Waals surface area (Å²) in [6, 6.07) is 15.6. The SMILES string of the molecule is Cc1scc(C(=O)NC(c2ccccn2)C2CC(O)C2)c1-c1ccccc1. The number of hydrogen-bond donors (Lipinski definition) is 2. The number of benzene rings is 1. The molecule has 1 aromatic carbocycles. The molecule has 1 aliphatic rings. The molecule has 2 N–H and O–H groups in total. The van der Waals surface area contributed by atoms with Crippen LogP contribution in [0, 0.1) is 12.8 Å². The van der Waals surface area contributed by atoms with E-state index in [1.807, 2.05) is 60.8 Å². The smallest absolute Gasteiger partial charge is 0.253 e. The van der Waals surface area contributed by atoms with Crippen LogP contribution in [-0.2, 0) is 0 Å². The van der Waals surface area contributed by atoms with Gasteiger partial charge in [-0.15, -0.1) is 11.3 Å². The third-order valence-corrected chi connectivity index (χ3v) is 6.11. The highest BCUT2D eigenvalue weighted by molar-refractivity contribution is 7.10. The Morgan fingerprint density at radius 2 is 1.93 bits per heavy atom. The van der Waals surface area contributed by atoms with Gasteiger partial charge in [0.25, 0.3) is 5.91 Å². The predicted molar refractivity (Wildman–Crippen MR) is 108 cm³/mol. The summed E-state index contributed by atoms with van der Waals surface area (Å²) in [6.07, 6.45) is 2.85. The van der Waals surface area contributed by atoms with Crippen molar-refractivity contribution in [2.24, 2.45) is 5.92 Å². The summed E-state index contributed by atoms with van der Waals surface area (Å²) in [5.41, 5.74) is 3.59. The van der Waals surface area contributed by atoms with Gasteiger partial charge in [0.15, 0.2) is 0 Å². The van der Waals surface area contributed by atoms with Gasteiger partial charge in [-0.25, -0.2) is 0 Å². The van der Waals surface area contributed by atoms with Crippen molar-refractivity contribution in [3.05, 3.63) is 76.2 Å². The first-order valence-electron chi connectivity index (χ1n) is 9.17. The largest absolute Gasteiger partial charge is 0.393 e. The van der Waals surface area contributed by atoms with Gasteiger partial charge >= 0.3 is 0 Å². The molecule has 1 fully saturated rings. The fourth-order valence-electron chi connectivity index (χ4n) is 3.70. The maximum absolute atomic E-state index is 13.2. The third-order valence-electron chi connectivity index (χ3n) is 5.20. The Morgan fingerprint density at radius 3 is 2.59 bits per heavy atom. The second kappa shape index (κ2) is 7.62. The second-order valence-electron chi connectivity index (χ2n) is 7.04. The number of aryl methyl sites for hydroxylation is 1. The number of rotatable bonds is 5. The Kier molecular flexibility index (Phi) is 5.05. The number of carbonyl (C=O) groups is 1. The van der Waals surface area contributed by atoms with Gasteiger partial charge in [0.2, 0.25) is 0 Å². The van der Waals surface area contributed by atoms with Crippen LogP contribution >= 0.6 is 11.3 Å². The van der Waals surface area contributed by atoms with Crippen LogP contribution < -0.4 is 5.32 Å². The van der Waals surface area contributed by atoms with Crippen LogP contribution in [0.1, 0.15) is 39.8 Å². The van der Waals surface area contributed by atoms with Crippen LogP contribution in [0.25, 0.3) is 11.1 Å². The molecule has 0 spiro atoms. The minimum absolute atomic E-state index is 0.0877. The first kappa shape index (κ1) is 17.9. The van der Waals surface area contributed by atoms with Crippen molar-refractivity contribution in [3.8, 4) is 11.1 Å². The van der Waals surface area contributed by atoms with Gasteiger partial charge in [-0.2, -0.15) is 0 Å². The number of hydrogen-bond acceptors (Lipinski definition) is 4. The van der Waals surface area contributed by atoms with E-state index < -0.39 is 0 Å². The summed E-state index contributed by atoms with van der Waals surface area (Å²) >= 11 is 1.59. The lowest BCUT2D eigenvalue weighted by Crippen LogP contribution is -2.41. The molecule has 2 aromatic heterocycles. The molecule has 1 amide bonds. The molecule has 0 saturated heterocycles. The molecule has 0 aliphatic heterocycles. The van der Waals surface area contributed by atoms with Crippen molar-refractivity contribution in [2.45, 2.75) is 31.9 Å². The number of nitrogens with one attached hydrogen (secondary N) is 1. The van der Waals surface area contributed by atoms with E-state index in [1.54, 1.807) is 17.5 Å². The molecular weight excluding hydrogens is 356 g/mol. The molecule has 3 aromatic rings. The van der Waals surface area contributed by atoms with E-state index in [9.17, 15) is 9.90 Å². The Labute approximate surface area is 162 Å². The van der Waals surface area contributed by atoms with Crippen LogP contribution in [0.2, 0.25) is 0 Å². The summed E-state index contributed by atoms with van der Waals surface area (Å²) in [5.74, 6) is 0.119. The maximum Gasteiger partial charge on any atom is 0.253 e. The second-order valence-corrected chi connectivity index (χ2v) is 8.12. The van der Waals surface area contributed by atoms with Gasteiger partial charge in [0.05, 0.1) is 23.4 Å². The first-order valence-corrected chi connectivity index (χ1v) is 10.0. The highest BCUT2D eigenvalue weighted by Crippen LogP contribution is 2.38. The molecule has 0 bridgehead atoms. The number of carbonyl (C=O) groups excluding carboxylic acids is 1. The van der Waals surface area contributed by atoms with Gasteiger partial charge in [-0.1, -0.05) is 36.4 Å². The Bertz CT molecular complexity index is 918. The highest BCUT2D eigenvalue weighted by atomic mass is 32.1. The third kappa shape index (κ3) is 3.66. The van der Waals surface area contributed by atoms with E-state index in [2.05, 4.69) is 10.3 Å². The van der Waals surface area contributed by atoms with Gasteiger partial charge in [-0.05, 0) is 43.4 Å². The molecule has 138 valence electrons. The van der Waals surface area contributed by atoms with Crippen LogP contribution in [0.4, 0.5) is 0 Å². The lowest BCUT2D eigenvalue weighted by atomic mass is 9.76. The number of amides is 1. The van der Waals surface area contributed by atoms with E-state index in [4.69, 9.17) is 0 Å².